The normalized spacial score (nSPS) is 11.8. The fourth-order valence-corrected chi connectivity index (χ4v) is 2.93. The number of carbonyl (C=O) groups is 1. The summed E-state index contributed by atoms with van der Waals surface area (Å²) in [7, 11) is 0. The van der Waals surface area contributed by atoms with E-state index in [0.29, 0.717) is 17.1 Å². The zero-order chi connectivity index (χ0) is 21.8. The first-order chi connectivity index (χ1) is 15.0. The van der Waals surface area contributed by atoms with Gasteiger partial charge in [-0.05, 0) is 37.3 Å². The minimum atomic E-state index is -0.885. The molecule has 0 radical (unpaired) electrons. The van der Waals surface area contributed by atoms with Crippen molar-refractivity contribution in [2.45, 2.75) is 19.5 Å². The molecule has 156 valence electrons. The second kappa shape index (κ2) is 8.70. The molecule has 8 nitrogen and oxygen atoms in total. The minimum absolute atomic E-state index is 0.00934. The third-order valence-corrected chi connectivity index (χ3v) is 4.63. The molecule has 4 rings (SSSR count). The van der Waals surface area contributed by atoms with Crippen molar-refractivity contribution < 1.29 is 13.7 Å². The van der Waals surface area contributed by atoms with Crippen molar-refractivity contribution in [3.05, 3.63) is 88.8 Å². The first kappa shape index (κ1) is 20.1. The van der Waals surface area contributed by atoms with Gasteiger partial charge in [0.2, 0.25) is 17.6 Å². The summed E-state index contributed by atoms with van der Waals surface area (Å²) >= 11 is 0. The molecule has 0 aliphatic rings. The van der Waals surface area contributed by atoms with Gasteiger partial charge in [-0.2, -0.15) is 10.1 Å². The Labute approximate surface area is 176 Å². The number of carbonyl (C=O) groups excluding carboxylic acids is 1. The molecular formula is C22H18FN5O3. The SMILES string of the molecule is CC(C(=O)NCc1nc(-c2ccccc2)no1)n1nc(-c2ccc(F)cc2)ccc1=O. The molecule has 0 fully saturated rings. The van der Waals surface area contributed by atoms with Crippen LogP contribution in [0.3, 0.4) is 0 Å². The van der Waals surface area contributed by atoms with Crippen molar-refractivity contribution in [2.24, 2.45) is 0 Å². The number of amides is 1. The zero-order valence-corrected chi connectivity index (χ0v) is 16.5. The highest BCUT2D eigenvalue weighted by Crippen LogP contribution is 2.17. The molecule has 0 spiro atoms. The van der Waals surface area contributed by atoms with Gasteiger partial charge in [-0.25, -0.2) is 9.07 Å². The van der Waals surface area contributed by atoms with Crippen LogP contribution in [0.2, 0.25) is 0 Å². The average Bonchev–Trinajstić information content (AvgIpc) is 3.28. The number of aromatic nitrogens is 4. The summed E-state index contributed by atoms with van der Waals surface area (Å²) in [6, 6.07) is 17.0. The Morgan fingerprint density at radius 2 is 1.81 bits per heavy atom. The first-order valence-corrected chi connectivity index (χ1v) is 9.53. The molecule has 0 saturated heterocycles. The summed E-state index contributed by atoms with van der Waals surface area (Å²) in [5.74, 6) is -0.158. The van der Waals surface area contributed by atoms with Crippen LogP contribution in [-0.2, 0) is 11.3 Å². The molecule has 0 aliphatic carbocycles. The van der Waals surface area contributed by atoms with Crippen molar-refractivity contribution >= 4 is 5.91 Å². The highest BCUT2D eigenvalue weighted by Gasteiger charge is 2.19. The van der Waals surface area contributed by atoms with Gasteiger partial charge in [0, 0.05) is 17.2 Å². The van der Waals surface area contributed by atoms with Crippen LogP contribution in [0, 0.1) is 5.82 Å². The van der Waals surface area contributed by atoms with Crippen LogP contribution in [0.1, 0.15) is 18.9 Å². The molecule has 31 heavy (non-hydrogen) atoms. The van der Waals surface area contributed by atoms with Crippen molar-refractivity contribution in [2.75, 3.05) is 0 Å². The summed E-state index contributed by atoms with van der Waals surface area (Å²) < 4.78 is 19.4. The van der Waals surface area contributed by atoms with Gasteiger partial charge in [-0.15, -0.1) is 0 Å². The lowest BCUT2D eigenvalue weighted by molar-refractivity contribution is -0.124. The van der Waals surface area contributed by atoms with Crippen LogP contribution in [0.4, 0.5) is 4.39 Å². The Balaban J connectivity index is 1.46. The van der Waals surface area contributed by atoms with Gasteiger partial charge in [0.05, 0.1) is 12.2 Å². The topological polar surface area (TPSA) is 103 Å². The number of rotatable bonds is 6. The van der Waals surface area contributed by atoms with E-state index in [1.807, 2.05) is 30.3 Å². The molecule has 2 heterocycles. The maximum atomic E-state index is 13.2. The molecule has 0 aliphatic heterocycles. The predicted octanol–water partition coefficient (Wildman–Crippen LogP) is 2.98. The molecule has 9 heteroatoms. The average molecular weight is 419 g/mol. The lowest BCUT2D eigenvalue weighted by Gasteiger charge is -2.14. The summed E-state index contributed by atoms with van der Waals surface area (Å²) in [6.07, 6.45) is 0. The summed E-state index contributed by atoms with van der Waals surface area (Å²) in [6.45, 7) is 1.57. The van der Waals surface area contributed by atoms with E-state index in [1.165, 1.54) is 24.3 Å². The van der Waals surface area contributed by atoms with E-state index in [-0.39, 0.29) is 18.3 Å². The van der Waals surface area contributed by atoms with Gasteiger partial charge in [-0.1, -0.05) is 35.5 Å². The quantitative estimate of drug-likeness (QED) is 0.515. The van der Waals surface area contributed by atoms with Crippen LogP contribution in [-0.4, -0.2) is 25.8 Å². The fourth-order valence-electron chi connectivity index (χ4n) is 2.93. The molecule has 0 bridgehead atoms. The van der Waals surface area contributed by atoms with E-state index in [9.17, 15) is 14.0 Å². The Kier molecular flexibility index (Phi) is 5.65. The minimum Gasteiger partial charge on any atom is -0.345 e. The predicted molar refractivity (Wildman–Crippen MR) is 110 cm³/mol. The number of hydrogen-bond acceptors (Lipinski definition) is 6. The second-order valence-corrected chi connectivity index (χ2v) is 6.78. The number of halogens is 1. The molecule has 4 aromatic rings. The van der Waals surface area contributed by atoms with Gasteiger partial charge in [-0.3, -0.25) is 9.59 Å². The third-order valence-electron chi connectivity index (χ3n) is 4.63. The Bertz CT molecular complexity index is 1250. The largest absolute Gasteiger partial charge is 0.345 e. The van der Waals surface area contributed by atoms with E-state index < -0.39 is 17.5 Å². The van der Waals surface area contributed by atoms with Crippen molar-refractivity contribution in [3.63, 3.8) is 0 Å². The molecule has 2 aromatic carbocycles. The monoisotopic (exact) mass is 419 g/mol. The highest BCUT2D eigenvalue weighted by molar-refractivity contribution is 5.79. The van der Waals surface area contributed by atoms with E-state index in [1.54, 1.807) is 19.1 Å². The third kappa shape index (κ3) is 4.55. The van der Waals surface area contributed by atoms with Gasteiger partial charge in [0.1, 0.15) is 11.9 Å². The summed E-state index contributed by atoms with van der Waals surface area (Å²) in [5, 5.41) is 10.8. The van der Waals surface area contributed by atoms with Gasteiger partial charge >= 0.3 is 0 Å². The lowest BCUT2D eigenvalue weighted by atomic mass is 10.1. The molecule has 1 unspecified atom stereocenters. The van der Waals surface area contributed by atoms with Crippen molar-refractivity contribution in [1.29, 1.82) is 0 Å². The van der Waals surface area contributed by atoms with E-state index in [0.717, 1.165) is 10.2 Å². The van der Waals surface area contributed by atoms with Gasteiger partial charge < -0.3 is 9.84 Å². The molecule has 2 aromatic heterocycles. The summed E-state index contributed by atoms with van der Waals surface area (Å²) in [4.78, 5) is 29.1. The molecular weight excluding hydrogens is 401 g/mol. The Morgan fingerprint density at radius 3 is 2.55 bits per heavy atom. The number of benzene rings is 2. The summed E-state index contributed by atoms with van der Waals surface area (Å²) in [5.41, 5.74) is 1.44. The van der Waals surface area contributed by atoms with Crippen molar-refractivity contribution in [3.8, 4) is 22.6 Å². The molecule has 0 saturated carbocycles. The Hall–Kier alpha value is -4.14. The van der Waals surface area contributed by atoms with Crippen LogP contribution in [0.5, 0.6) is 0 Å². The standard InChI is InChI=1S/C22H18FN5O3/c1-14(28-20(29)12-11-18(26-28)15-7-9-17(23)10-8-15)22(30)24-13-19-25-21(27-31-19)16-5-3-2-4-6-16/h2-12,14H,13H2,1H3,(H,24,30). The van der Waals surface area contributed by atoms with Crippen LogP contribution >= 0.6 is 0 Å². The maximum absolute atomic E-state index is 13.2. The van der Waals surface area contributed by atoms with Crippen LogP contribution < -0.4 is 10.9 Å². The van der Waals surface area contributed by atoms with Gasteiger partial charge in [0.15, 0.2) is 0 Å². The first-order valence-electron chi connectivity index (χ1n) is 9.53. The van der Waals surface area contributed by atoms with Crippen LogP contribution in [0.15, 0.2) is 76.0 Å². The second-order valence-electron chi connectivity index (χ2n) is 6.78. The smallest absolute Gasteiger partial charge is 0.267 e. The molecule has 1 N–H and O–H groups in total. The molecule has 1 amide bonds. The molecule has 1 atom stereocenters. The highest BCUT2D eigenvalue weighted by atomic mass is 19.1. The Morgan fingerprint density at radius 1 is 1.06 bits per heavy atom. The number of hydrogen-bond donors (Lipinski definition) is 1. The van der Waals surface area contributed by atoms with E-state index in [4.69, 9.17) is 4.52 Å². The lowest BCUT2D eigenvalue weighted by Crippen LogP contribution is -2.36. The number of nitrogens with one attached hydrogen (secondary N) is 1. The van der Waals surface area contributed by atoms with Gasteiger partial charge in [0.25, 0.3) is 5.56 Å². The van der Waals surface area contributed by atoms with E-state index >= 15 is 0 Å². The number of nitrogens with zero attached hydrogens (tertiary/aromatic N) is 4. The fraction of sp³-hybridized carbons (Fsp3) is 0.136. The van der Waals surface area contributed by atoms with Crippen LogP contribution in [0.25, 0.3) is 22.6 Å². The maximum Gasteiger partial charge on any atom is 0.267 e. The van der Waals surface area contributed by atoms with Crippen molar-refractivity contribution in [1.82, 2.24) is 25.2 Å². The zero-order valence-electron chi connectivity index (χ0n) is 16.5. The van der Waals surface area contributed by atoms with E-state index in [2.05, 4.69) is 20.6 Å².